The van der Waals surface area contributed by atoms with E-state index in [4.69, 9.17) is 0 Å². The molecule has 1 fully saturated rings. The second kappa shape index (κ2) is 8.63. The van der Waals surface area contributed by atoms with Crippen LogP contribution < -0.4 is 10.2 Å². The summed E-state index contributed by atoms with van der Waals surface area (Å²) < 4.78 is 15.9. The molecule has 5 rings (SSSR count). The first-order valence-electron chi connectivity index (χ1n) is 11.2. The van der Waals surface area contributed by atoms with Gasteiger partial charge < -0.3 is 19.7 Å². The molecule has 0 radical (unpaired) electrons. The maximum Gasteiger partial charge on any atom is 0.139 e. The fourth-order valence-electron chi connectivity index (χ4n) is 4.50. The Hall–Kier alpha value is -3.38. The van der Waals surface area contributed by atoms with Gasteiger partial charge in [-0.15, -0.1) is 0 Å². The molecule has 0 unspecified atom stereocenters. The van der Waals surface area contributed by atoms with Gasteiger partial charge in [0.15, 0.2) is 0 Å². The van der Waals surface area contributed by atoms with E-state index in [1.54, 1.807) is 12.1 Å². The number of likely N-dealkylation sites (N-methyl/N-ethyl adjacent to an activating group) is 1. The molecule has 0 saturated carbocycles. The van der Waals surface area contributed by atoms with Crippen LogP contribution in [-0.2, 0) is 7.05 Å². The molecular formula is C26H28FN5. The molecule has 3 heterocycles. The molecule has 1 aliphatic rings. The minimum Gasteiger partial charge on any atom is -0.369 e. The summed E-state index contributed by atoms with van der Waals surface area (Å²) in [5, 5.41) is 4.48. The van der Waals surface area contributed by atoms with Crippen molar-refractivity contribution in [2.75, 3.05) is 42.9 Å². The Morgan fingerprint density at radius 1 is 0.969 bits per heavy atom. The molecule has 6 heteroatoms. The third-order valence-corrected chi connectivity index (χ3v) is 6.41. The number of aromatic nitrogens is 2. The van der Waals surface area contributed by atoms with E-state index in [0.717, 1.165) is 66.4 Å². The minimum absolute atomic E-state index is 0.236. The summed E-state index contributed by atoms with van der Waals surface area (Å²) in [5.74, 6) is 0.561. The van der Waals surface area contributed by atoms with Gasteiger partial charge in [0.2, 0.25) is 0 Å². The van der Waals surface area contributed by atoms with E-state index in [1.807, 2.05) is 25.4 Å². The number of halogens is 1. The lowest BCUT2D eigenvalue weighted by Crippen LogP contribution is -2.46. The lowest BCUT2D eigenvalue weighted by molar-refractivity contribution is 0.271. The molecule has 0 bridgehead atoms. The average molecular weight is 430 g/mol. The lowest BCUT2D eigenvalue weighted by Gasteiger charge is -2.35. The molecule has 0 spiro atoms. The van der Waals surface area contributed by atoms with Gasteiger partial charge >= 0.3 is 0 Å². The number of nitrogens with one attached hydrogen (secondary N) is 1. The quantitative estimate of drug-likeness (QED) is 0.469. The molecule has 5 nitrogen and oxygen atoms in total. The molecule has 0 aliphatic carbocycles. The molecule has 4 aromatic rings. The first-order valence-corrected chi connectivity index (χ1v) is 11.2. The van der Waals surface area contributed by atoms with Crippen molar-refractivity contribution in [2.45, 2.75) is 6.92 Å². The number of aryl methyl sites for hydroxylation is 1. The molecule has 32 heavy (non-hydrogen) atoms. The van der Waals surface area contributed by atoms with Crippen molar-refractivity contribution >= 4 is 28.1 Å². The van der Waals surface area contributed by atoms with Crippen molar-refractivity contribution in [3.8, 4) is 11.3 Å². The van der Waals surface area contributed by atoms with Crippen molar-refractivity contribution in [1.82, 2.24) is 14.5 Å². The molecular weight excluding hydrogens is 401 g/mol. The van der Waals surface area contributed by atoms with Gasteiger partial charge in [0.1, 0.15) is 11.6 Å². The zero-order valence-electron chi connectivity index (χ0n) is 18.6. The molecule has 164 valence electrons. The monoisotopic (exact) mass is 429 g/mol. The number of benzene rings is 2. The first-order chi connectivity index (χ1) is 15.6. The predicted molar refractivity (Wildman–Crippen MR) is 130 cm³/mol. The second-order valence-electron chi connectivity index (χ2n) is 8.28. The van der Waals surface area contributed by atoms with Crippen molar-refractivity contribution in [2.24, 2.45) is 7.05 Å². The Labute approximate surface area is 188 Å². The van der Waals surface area contributed by atoms with E-state index in [-0.39, 0.29) is 5.82 Å². The Morgan fingerprint density at radius 3 is 2.47 bits per heavy atom. The van der Waals surface area contributed by atoms with Crippen molar-refractivity contribution < 1.29 is 4.39 Å². The van der Waals surface area contributed by atoms with Crippen molar-refractivity contribution in [3.63, 3.8) is 0 Å². The minimum atomic E-state index is -0.236. The van der Waals surface area contributed by atoms with E-state index in [0.29, 0.717) is 0 Å². The highest BCUT2D eigenvalue weighted by molar-refractivity contribution is 5.96. The van der Waals surface area contributed by atoms with Crippen LogP contribution in [0.5, 0.6) is 0 Å². The summed E-state index contributed by atoms with van der Waals surface area (Å²) >= 11 is 0. The van der Waals surface area contributed by atoms with Crippen LogP contribution in [0.2, 0.25) is 0 Å². The molecule has 0 atom stereocenters. The average Bonchev–Trinajstić information content (AvgIpc) is 3.17. The number of nitrogens with zero attached hydrogens (tertiary/aromatic N) is 4. The Balaban J connectivity index is 1.39. The van der Waals surface area contributed by atoms with Crippen LogP contribution in [-0.4, -0.2) is 47.2 Å². The maximum atomic E-state index is 13.8. The van der Waals surface area contributed by atoms with Gasteiger partial charge in [0.25, 0.3) is 0 Å². The Bertz CT molecular complexity index is 1220. The van der Waals surface area contributed by atoms with Gasteiger partial charge in [-0.3, -0.25) is 0 Å². The highest BCUT2D eigenvalue weighted by Gasteiger charge is 2.16. The van der Waals surface area contributed by atoms with Gasteiger partial charge in [0, 0.05) is 67.4 Å². The summed E-state index contributed by atoms with van der Waals surface area (Å²) in [6.45, 7) is 7.70. The number of piperazine rings is 1. The van der Waals surface area contributed by atoms with Crippen molar-refractivity contribution in [3.05, 3.63) is 72.7 Å². The number of hydrogen-bond acceptors (Lipinski definition) is 4. The van der Waals surface area contributed by atoms with Crippen LogP contribution in [0.15, 0.2) is 66.9 Å². The summed E-state index contributed by atoms with van der Waals surface area (Å²) in [6.07, 6.45) is 1.81. The third kappa shape index (κ3) is 3.94. The summed E-state index contributed by atoms with van der Waals surface area (Å²) in [4.78, 5) is 9.51. The largest absolute Gasteiger partial charge is 0.369 e. The van der Waals surface area contributed by atoms with E-state index in [1.165, 1.54) is 11.8 Å². The van der Waals surface area contributed by atoms with Gasteiger partial charge in [0.05, 0.1) is 5.52 Å². The third-order valence-electron chi connectivity index (χ3n) is 6.41. The standard InChI is InChI=1S/C26H28FN5/c1-3-31-13-15-32(16-14-31)22-9-7-21(8-10-22)29-26-23-18-25(19-5-4-6-20(27)17-19)30(2)24(23)11-12-28-26/h4-12,17-18H,3,13-16H2,1-2H3,(H,28,29). The van der Waals surface area contributed by atoms with Gasteiger partial charge in [-0.2, -0.15) is 0 Å². The van der Waals surface area contributed by atoms with Gasteiger partial charge in [-0.25, -0.2) is 9.37 Å². The highest BCUT2D eigenvalue weighted by atomic mass is 19.1. The van der Waals surface area contributed by atoms with E-state index in [2.05, 4.69) is 61.9 Å². The van der Waals surface area contributed by atoms with E-state index < -0.39 is 0 Å². The zero-order valence-corrected chi connectivity index (χ0v) is 18.6. The lowest BCUT2D eigenvalue weighted by atomic mass is 10.1. The maximum absolute atomic E-state index is 13.8. The Morgan fingerprint density at radius 2 is 1.75 bits per heavy atom. The molecule has 0 amide bonds. The van der Waals surface area contributed by atoms with E-state index >= 15 is 0 Å². The van der Waals surface area contributed by atoms with Crippen LogP contribution in [0, 0.1) is 5.82 Å². The number of anilines is 3. The molecule has 1 aliphatic heterocycles. The van der Waals surface area contributed by atoms with Gasteiger partial charge in [-0.1, -0.05) is 19.1 Å². The normalized spacial score (nSPS) is 14.8. The van der Waals surface area contributed by atoms with Crippen LogP contribution in [0.3, 0.4) is 0 Å². The molecule has 1 N–H and O–H groups in total. The molecule has 2 aromatic heterocycles. The molecule has 1 saturated heterocycles. The summed E-state index contributed by atoms with van der Waals surface area (Å²) in [7, 11) is 2.00. The Kier molecular flexibility index (Phi) is 5.53. The molecule has 2 aromatic carbocycles. The van der Waals surface area contributed by atoms with Crippen LogP contribution in [0.4, 0.5) is 21.6 Å². The van der Waals surface area contributed by atoms with E-state index in [9.17, 15) is 4.39 Å². The topological polar surface area (TPSA) is 36.3 Å². The first kappa shape index (κ1) is 20.5. The fraction of sp³-hybridized carbons (Fsp3) is 0.269. The highest BCUT2D eigenvalue weighted by Crippen LogP contribution is 2.32. The number of fused-ring (bicyclic) bond motifs is 1. The number of hydrogen-bond donors (Lipinski definition) is 1. The zero-order chi connectivity index (χ0) is 22.1. The van der Waals surface area contributed by atoms with Crippen LogP contribution >= 0.6 is 0 Å². The SMILES string of the molecule is CCN1CCN(c2ccc(Nc3nccc4c3cc(-c3cccc(F)c3)n4C)cc2)CC1. The second-order valence-corrected chi connectivity index (χ2v) is 8.28. The van der Waals surface area contributed by atoms with Crippen LogP contribution in [0.1, 0.15) is 6.92 Å². The summed E-state index contributed by atoms with van der Waals surface area (Å²) in [5.41, 5.74) is 5.11. The fourth-order valence-corrected chi connectivity index (χ4v) is 4.50. The van der Waals surface area contributed by atoms with Crippen LogP contribution in [0.25, 0.3) is 22.2 Å². The summed E-state index contributed by atoms with van der Waals surface area (Å²) in [6, 6.07) is 19.3. The number of rotatable bonds is 5. The predicted octanol–water partition coefficient (Wildman–Crippen LogP) is 5.26. The smallest absolute Gasteiger partial charge is 0.139 e. The van der Waals surface area contributed by atoms with Crippen molar-refractivity contribution in [1.29, 1.82) is 0 Å². The number of pyridine rings is 1. The van der Waals surface area contributed by atoms with Gasteiger partial charge in [-0.05, 0) is 55.1 Å².